The fourth-order valence-electron chi connectivity index (χ4n) is 1.22. The summed E-state index contributed by atoms with van der Waals surface area (Å²) in [6.07, 6.45) is 8.04. The lowest BCUT2D eigenvalue weighted by Crippen LogP contribution is -2.39. The van der Waals surface area contributed by atoms with Crippen molar-refractivity contribution < 1.29 is 0 Å². The van der Waals surface area contributed by atoms with Crippen molar-refractivity contribution >= 4 is 11.8 Å². The maximum Gasteiger partial charge on any atom is 0.0248 e. The molecule has 1 rings (SSSR count). The van der Waals surface area contributed by atoms with Gasteiger partial charge < -0.3 is 5.32 Å². The molecule has 1 saturated heterocycles. The molecule has 120 valence electrons. The Morgan fingerprint density at radius 1 is 0.947 bits per heavy atom. The number of nitrogens with one attached hydrogen (secondary N) is 1. The van der Waals surface area contributed by atoms with Gasteiger partial charge in [-0.2, -0.15) is 11.8 Å². The molecule has 0 radical (unpaired) electrons. The first-order valence-corrected chi connectivity index (χ1v) is 9.52. The van der Waals surface area contributed by atoms with Crippen LogP contribution in [0.3, 0.4) is 0 Å². The van der Waals surface area contributed by atoms with Crippen LogP contribution in [0.2, 0.25) is 0 Å². The first kappa shape index (κ1) is 24.3. The minimum Gasteiger partial charge on any atom is -0.314 e. The number of unbranched alkanes of at least 4 members (excludes halogenated alkanes) is 3. The molecule has 0 aliphatic carbocycles. The van der Waals surface area contributed by atoms with Crippen LogP contribution >= 0.6 is 11.8 Å². The SMILES string of the molecule is CC.CCCC.CCCCC.CNC1(C)CCSC1. The molecule has 1 unspecified atom stereocenters. The molecule has 0 amide bonds. The van der Waals surface area contributed by atoms with Gasteiger partial charge in [0.25, 0.3) is 0 Å². The average Bonchev–Trinajstić information content (AvgIpc) is 2.91. The second-order valence-electron chi connectivity index (χ2n) is 4.97. The van der Waals surface area contributed by atoms with Gasteiger partial charge in [-0.25, -0.2) is 0 Å². The van der Waals surface area contributed by atoms with E-state index in [0.29, 0.717) is 5.54 Å². The third-order valence-electron chi connectivity index (χ3n) is 3.03. The van der Waals surface area contributed by atoms with Crippen molar-refractivity contribution in [3.8, 4) is 0 Å². The van der Waals surface area contributed by atoms with E-state index in [0.717, 1.165) is 0 Å². The first-order valence-electron chi connectivity index (χ1n) is 8.36. The Balaban J connectivity index is -0.000000203. The van der Waals surface area contributed by atoms with Crippen molar-refractivity contribution in [2.75, 3.05) is 18.6 Å². The topological polar surface area (TPSA) is 12.0 Å². The molecule has 0 spiro atoms. The smallest absolute Gasteiger partial charge is 0.0248 e. The van der Waals surface area contributed by atoms with E-state index >= 15 is 0 Å². The average molecular weight is 292 g/mol. The quantitative estimate of drug-likeness (QED) is 0.668. The summed E-state index contributed by atoms with van der Waals surface area (Å²) in [5, 5.41) is 3.32. The first-order chi connectivity index (χ1) is 9.10. The summed E-state index contributed by atoms with van der Waals surface area (Å²) in [4.78, 5) is 0. The van der Waals surface area contributed by atoms with Crippen LogP contribution in [0.1, 0.15) is 87.0 Å². The maximum absolute atomic E-state index is 3.32. The lowest BCUT2D eigenvalue weighted by atomic mass is 10.0. The van der Waals surface area contributed by atoms with Gasteiger partial charge in [0.15, 0.2) is 0 Å². The van der Waals surface area contributed by atoms with Crippen LogP contribution in [-0.4, -0.2) is 24.1 Å². The molecule has 2 heteroatoms. The lowest BCUT2D eigenvalue weighted by molar-refractivity contribution is 0.436. The largest absolute Gasteiger partial charge is 0.314 e. The van der Waals surface area contributed by atoms with Crippen LogP contribution in [0, 0.1) is 0 Å². The van der Waals surface area contributed by atoms with Crippen molar-refractivity contribution in [1.29, 1.82) is 0 Å². The van der Waals surface area contributed by atoms with Gasteiger partial charge in [-0.3, -0.25) is 0 Å². The number of hydrogen-bond donors (Lipinski definition) is 1. The molecular weight excluding hydrogens is 250 g/mol. The summed E-state index contributed by atoms with van der Waals surface area (Å²) < 4.78 is 0. The molecule has 1 nitrogen and oxygen atoms in total. The van der Waals surface area contributed by atoms with Gasteiger partial charge in [-0.1, -0.05) is 73.6 Å². The highest BCUT2D eigenvalue weighted by atomic mass is 32.2. The Bertz CT molecular complexity index is 127. The van der Waals surface area contributed by atoms with E-state index in [2.05, 4.69) is 39.9 Å². The van der Waals surface area contributed by atoms with Crippen LogP contribution in [0.15, 0.2) is 0 Å². The second kappa shape index (κ2) is 20.6. The molecule has 1 fully saturated rings. The molecule has 0 bridgehead atoms. The summed E-state index contributed by atoms with van der Waals surface area (Å²) >= 11 is 2.04. The molecule has 1 aliphatic rings. The molecular formula is C17H41NS. The standard InChI is InChI=1S/C6H13NS.C5H12.C4H10.C2H6/c1-6(7-2)3-4-8-5-6;1-3-5-4-2;1-3-4-2;1-2/h7H,3-5H2,1-2H3;3-5H2,1-2H3;3-4H2,1-2H3;1-2H3. The molecule has 19 heavy (non-hydrogen) atoms. The maximum atomic E-state index is 3.32. The van der Waals surface area contributed by atoms with E-state index in [1.165, 1.54) is 50.0 Å². The van der Waals surface area contributed by atoms with Gasteiger partial charge in [0.1, 0.15) is 0 Å². The Morgan fingerprint density at radius 3 is 1.53 bits per heavy atom. The summed E-state index contributed by atoms with van der Waals surface area (Å²) in [6, 6.07) is 0. The third kappa shape index (κ3) is 20.8. The van der Waals surface area contributed by atoms with Gasteiger partial charge in [-0.05, 0) is 26.1 Å². The van der Waals surface area contributed by atoms with Gasteiger partial charge >= 0.3 is 0 Å². The van der Waals surface area contributed by atoms with Crippen molar-refractivity contribution in [2.24, 2.45) is 0 Å². The molecule has 1 aliphatic heterocycles. The predicted molar refractivity (Wildman–Crippen MR) is 96.5 cm³/mol. The molecule has 1 heterocycles. The van der Waals surface area contributed by atoms with Crippen molar-refractivity contribution in [2.45, 2.75) is 92.5 Å². The van der Waals surface area contributed by atoms with Gasteiger partial charge in [0.05, 0.1) is 0 Å². The highest BCUT2D eigenvalue weighted by Gasteiger charge is 2.26. The van der Waals surface area contributed by atoms with Crippen LogP contribution in [0.25, 0.3) is 0 Å². The fraction of sp³-hybridized carbons (Fsp3) is 1.00. The molecule has 0 aromatic carbocycles. The van der Waals surface area contributed by atoms with Gasteiger partial charge in [-0.15, -0.1) is 0 Å². The van der Waals surface area contributed by atoms with E-state index in [-0.39, 0.29) is 0 Å². The van der Waals surface area contributed by atoms with Crippen molar-refractivity contribution in [3.05, 3.63) is 0 Å². The van der Waals surface area contributed by atoms with Crippen LogP contribution in [0.4, 0.5) is 0 Å². The van der Waals surface area contributed by atoms with E-state index < -0.39 is 0 Å². The van der Waals surface area contributed by atoms with E-state index in [9.17, 15) is 0 Å². The predicted octanol–water partition coefficient (Wildman–Crippen LogP) is 6.13. The summed E-state index contributed by atoms with van der Waals surface area (Å²) in [7, 11) is 2.05. The lowest BCUT2D eigenvalue weighted by Gasteiger charge is -2.20. The number of thioether (sulfide) groups is 1. The minimum absolute atomic E-state index is 0.449. The van der Waals surface area contributed by atoms with Crippen molar-refractivity contribution in [3.63, 3.8) is 0 Å². The summed E-state index contributed by atoms with van der Waals surface area (Å²) in [5.74, 6) is 2.61. The van der Waals surface area contributed by atoms with E-state index in [1.807, 2.05) is 32.7 Å². The second-order valence-corrected chi connectivity index (χ2v) is 6.07. The Hall–Kier alpha value is 0.310. The van der Waals surface area contributed by atoms with Gasteiger partial charge in [0, 0.05) is 11.3 Å². The molecule has 0 saturated carbocycles. The minimum atomic E-state index is 0.449. The highest BCUT2D eigenvalue weighted by Crippen LogP contribution is 2.26. The molecule has 1 N–H and O–H groups in total. The molecule has 0 aromatic rings. The highest BCUT2D eigenvalue weighted by molar-refractivity contribution is 7.99. The Kier molecular flexibility index (Phi) is 26.4. The van der Waals surface area contributed by atoms with E-state index in [1.54, 1.807) is 0 Å². The monoisotopic (exact) mass is 291 g/mol. The van der Waals surface area contributed by atoms with E-state index in [4.69, 9.17) is 0 Å². The third-order valence-corrected chi connectivity index (χ3v) is 4.36. The zero-order chi connectivity index (χ0) is 15.6. The normalized spacial score (nSPS) is 20.2. The fourth-order valence-corrected chi connectivity index (χ4v) is 2.70. The molecule has 1 atom stereocenters. The van der Waals surface area contributed by atoms with Crippen molar-refractivity contribution in [1.82, 2.24) is 5.32 Å². The number of hydrogen-bond acceptors (Lipinski definition) is 2. The molecule has 0 aromatic heterocycles. The van der Waals surface area contributed by atoms with Crippen LogP contribution in [-0.2, 0) is 0 Å². The Labute approximate surface area is 128 Å². The Morgan fingerprint density at radius 2 is 1.42 bits per heavy atom. The summed E-state index contributed by atoms with van der Waals surface area (Å²) in [6.45, 7) is 15.1. The number of rotatable bonds is 4. The zero-order valence-corrected chi connectivity index (χ0v) is 15.9. The zero-order valence-electron chi connectivity index (χ0n) is 15.1. The van der Waals surface area contributed by atoms with Crippen LogP contribution < -0.4 is 5.32 Å². The van der Waals surface area contributed by atoms with Crippen LogP contribution in [0.5, 0.6) is 0 Å². The summed E-state index contributed by atoms with van der Waals surface area (Å²) in [5.41, 5.74) is 0.449. The van der Waals surface area contributed by atoms with Gasteiger partial charge in [0.2, 0.25) is 0 Å².